The monoisotopic (exact) mass is 556 g/mol. The Bertz CT molecular complexity index is 1750. The van der Waals surface area contributed by atoms with Crippen LogP contribution in [0, 0.1) is 0 Å². The molecule has 0 radical (unpaired) electrons. The number of fused-ring (bicyclic) bond motifs is 2. The molecule has 2 aromatic carbocycles. The first-order chi connectivity index (χ1) is 20.5. The largest absolute Gasteiger partial charge is 0.337 e. The van der Waals surface area contributed by atoms with Gasteiger partial charge in [0, 0.05) is 25.2 Å². The fourth-order valence-electron chi connectivity index (χ4n) is 5.53. The Balaban J connectivity index is 1.09. The van der Waals surface area contributed by atoms with Crippen molar-refractivity contribution in [2.45, 2.75) is 25.9 Å². The van der Waals surface area contributed by atoms with Crippen LogP contribution in [0.3, 0.4) is 0 Å². The van der Waals surface area contributed by atoms with Gasteiger partial charge in [-0.05, 0) is 62.4 Å². The van der Waals surface area contributed by atoms with Crippen molar-refractivity contribution in [1.82, 2.24) is 39.7 Å². The predicted molar refractivity (Wildman–Crippen MR) is 160 cm³/mol. The number of hydrogen-bond acceptors (Lipinski definition) is 6. The van der Waals surface area contributed by atoms with Crippen LogP contribution in [0.15, 0.2) is 84.9 Å². The molecule has 1 aliphatic rings. The second kappa shape index (κ2) is 10.2. The number of piperazine rings is 1. The van der Waals surface area contributed by atoms with E-state index in [1.54, 1.807) is 21.9 Å². The number of aromatic nitrogens is 6. The molecule has 1 aliphatic heterocycles. The zero-order valence-corrected chi connectivity index (χ0v) is 23.2. The number of amides is 2. The average molecular weight is 557 g/mol. The lowest BCUT2D eigenvalue weighted by Gasteiger charge is -2.44. The molecular weight excluding hydrogens is 528 g/mol. The van der Waals surface area contributed by atoms with Gasteiger partial charge in [-0.3, -0.25) is 9.59 Å². The van der Waals surface area contributed by atoms with Gasteiger partial charge in [-0.1, -0.05) is 36.4 Å². The highest BCUT2D eigenvalue weighted by Gasteiger charge is 2.37. The molecule has 10 nitrogen and oxygen atoms in total. The van der Waals surface area contributed by atoms with E-state index in [9.17, 15) is 9.59 Å². The van der Waals surface area contributed by atoms with Crippen LogP contribution >= 0.6 is 0 Å². The van der Waals surface area contributed by atoms with Gasteiger partial charge < -0.3 is 19.8 Å². The summed E-state index contributed by atoms with van der Waals surface area (Å²) in [6, 6.07) is 25.8. The summed E-state index contributed by atoms with van der Waals surface area (Å²) >= 11 is 0. The summed E-state index contributed by atoms with van der Waals surface area (Å²) in [6.45, 7) is 4.69. The summed E-state index contributed by atoms with van der Waals surface area (Å²) in [7, 11) is 0. The first-order valence-electron chi connectivity index (χ1n) is 13.9. The van der Waals surface area contributed by atoms with E-state index < -0.39 is 0 Å². The second-order valence-electron chi connectivity index (χ2n) is 10.5. The minimum absolute atomic E-state index is 0.176. The fraction of sp³-hybridized carbons (Fsp3) is 0.188. The minimum atomic E-state index is -0.231. The maximum atomic E-state index is 13.6. The molecule has 6 aromatic rings. The molecule has 1 saturated heterocycles. The highest BCUT2D eigenvalue weighted by Crippen LogP contribution is 2.24. The van der Waals surface area contributed by atoms with Gasteiger partial charge in [-0.25, -0.2) is 19.9 Å². The molecule has 2 N–H and O–H groups in total. The summed E-state index contributed by atoms with van der Waals surface area (Å²) in [4.78, 5) is 55.9. The smallest absolute Gasteiger partial charge is 0.272 e. The van der Waals surface area contributed by atoms with Crippen LogP contribution in [0.2, 0.25) is 0 Å². The highest BCUT2D eigenvalue weighted by molar-refractivity contribution is 5.95. The van der Waals surface area contributed by atoms with E-state index in [0.29, 0.717) is 47.5 Å². The molecule has 0 spiro atoms. The molecule has 0 bridgehead atoms. The van der Waals surface area contributed by atoms with E-state index in [1.165, 1.54) is 0 Å². The van der Waals surface area contributed by atoms with Crippen LogP contribution in [0.4, 0.5) is 0 Å². The Hall–Kier alpha value is -5.38. The molecule has 2 amide bonds. The fourth-order valence-corrected chi connectivity index (χ4v) is 5.53. The zero-order chi connectivity index (χ0) is 28.8. The number of pyridine rings is 2. The van der Waals surface area contributed by atoms with E-state index >= 15 is 0 Å². The number of nitrogens with zero attached hydrogens (tertiary/aromatic N) is 6. The Labute approximate surface area is 241 Å². The van der Waals surface area contributed by atoms with Gasteiger partial charge in [0.25, 0.3) is 11.8 Å². The number of benzene rings is 2. The lowest BCUT2D eigenvalue weighted by Crippen LogP contribution is -2.60. The standard InChI is InChI=1S/C32H28N8O2/c1-19-20(2)40(32(42)28-16-8-14-26(34-28)30-37-23-11-5-6-12-24(23)38-30)18-17-39(19)31(41)27-15-7-13-25(33-27)29-35-21-9-3-4-10-22(21)36-29/h3-16,19-20H,17-18H2,1-2H3,(H,35,36)(H,37,38)/t19-,20-/m0/s1. The van der Waals surface area contributed by atoms with Crippen molar-refractivity contribution in [3.8, 4) is 23.0 Å². The minimum Gasteiger partial charge on any atom is -0.337 e. The number of imidazole rings is 2. The number of aromatic amines is 2. The third kappa shape index (κ3) is 4.46. The van der Waals surface area contributed by atoms with Crippen molar-refractivity contribution >= 4 is 33.9 Å². The summed E-state index contributed by atoms with van der Waals surface area (Å²) in [6.07, 6.45) is 0. The van der Waals surface area contributed by atoms with Gasteiger partial charge in [-0.2, -0.15) is 0 Å². The molecule has 0 unspecified atom stereocenters. The van der Waals surface area contributed by atoms with Crippen molar-refractivity contribution in [3.05, 3.63) is 96.3 Å². The lowest BCUT2D eigenvalue weighted by atomic mass is 10.0. The molecule has 2 atom stereocenters. The Morgan fingerprint density at radius 1 is 0.595 bits per heavy atom. The Morgan fingerprint density at radius 2 is 1.02 bits per heavy atom. The molecule has 42 heavy (non-hydrogen) atoms. The molecule has 4 aromatic heterocycles. The molecule has 0 saturated carbocycles. The number of hydrogen-bond donors (Lipinski definition) is 2. The third-order valence-electron chi connectivity index (χ3n) is 7.99. The van der Waals surface area contributed by atoms with Crippen LogP contribution in [-0.4, -0.2) is 76.7 Å². The normalized spacial score (nSPS) is 17.2. The first kappa shape index (κ1) is 25.6. The van der Waals surface area contributed by atoms with Crippen LogP contribution in [0.1, 0.15) is 34.8 Å². The SMILES string of the molecule is C[C@H]1[C@H](C)N(C(=O)c2cccc(-c3nc4ccccc4[nH]3)n2)CCN1C(=O)c1cccc(-c2nc3ccccc3[nH]2)n1. The third-order valence-corrected chi connectivity index (χ3v) is 7.99. The van der Waals surface area contributed by atoms with Crippen LogP contribution < -0.4 is 0 Å². The number of carbonyl (C=O) groups is 2. The number of rotatable bonds is 4. The molecule has 1 fully saturated rings. The summed E-state index contributed by atoms with van der Waals surface area (Å²) in [5, 5.41) is 0. The van der Waals surface area contributed by atoms with Crippen LogP contribution in [0.5, 0.6) is 0 Å². The van der Waals surface area contributed by atoms with Crippen molar-refractivity contribution in [1.29, 1.82) is 0 Å². The van der Waals surface area contributed by atoms with Gasteiger partial charge in [0.05, 0.1) is 22.1 Å². The van der Waals surface area contributed by atoms with Crippen LogP contribution in [-0.2, 0) is 0 Å². The maximum absolute atomic E-state index is 13.6. The quantitative estimate of drug-likeness (QED) is 0.317. The van der Waals surface area contributed by atoms with Gasteiger partial charge in [0.15, 0.2) is 11.6 Å². The van der Waals surface area contributed by atoms with Crippen molar-refractivity contribution in [3.63, 3.8) is 0 Å². The second-order valence-corrected chi connectivity index (χ2v) is 10.5. The summed E-state index contributed by atoms with van der Waals surface area (Å²) in [5.74, 6) is 0.869. The molecule has 7 rings (SSSR count). The first-order valence-corrected chi connectivity index (χ1v) is 13.9. The molecule has 5 heterocycles. The number of H-pyrrole nitrogens is 2. The maximum Gasteiger partial charge on any atom is 0.272 e. The van der Waals surface area contributed by atoms with Gasteiger partial charge in [0.1, 0.15) is 22.8 Å². The lowest BCUT2D eigenvalue weighted by molar-refractivity contribution is 0.0235. The number of carbonyl (C=O) groups excluding carboxylic acids is 2. The van der Waals surface area contributed by atoms with Crippen molar-refractivity contribution in [2.24, 2.45) is 0 Å². The number of para-hydroxylation sites is 4. The van der Waals surface area contributed by atoms with Gasteiger partial charge in [-0.15, -0.1) is 0 Å². The number of nitrogens with one attached hydrogen (secondary N) is 2. The van der Waals surface area contributed by atoms with Crippen molar-refractivity contribution in [2.75, 3.05) is 13.1 Å². The molecule has 208 valence electrons. The topological polar surface area (TPSA) is 124 Å². The Morgan fingerprint density at radius 3 is 1.45 bits per heavy atom. The van der Waals surface area contributed by atoms with E-state index in [0.717, 1.165) is 22.1 Å². The summed E-state index contributed by atoms with van der Waals surface area (Å²) in [5.41, 5.74) is 5.38. The zero-order valence-electron chi connectivity index (χ0n) is 23.2. The van der Waals surface area contributed by atoms with Gasteiger partial charge >= 0.3 is 0 Å². The van der Waals surface area contributed by atoms with E-state index in [2.05, 4.69) is 29.9 Å². The summed E-state index contributed by atoms with van der Waals surface area (Å²) < 4.78 is 0. The molecule has 10 heteroatoms. The van der Waals surface area contributed by atoms with E-state index in [4.69, 9.17) is 0 Å². The van der Waals surface area contributed by atoms with E-state index in [-0.39, 0.29) is 23.9 Å². The molecular formula is C32H28N8O2. The van der Waals surface area contributed by atoms with E-state index in [1.807, 2.05) is 86.6 Å². The van der Waals surface area contributed by atoms with Gasteiger partial charge in [0.2, 0.25) is 0 Å². The van der Waals surface area contributed by atoms with Crippen LogP contribution in [0.25, 0.3) is 45.1 Å². The predicted octanol–water partition coefficient (Wildman–Crippen LogP) is 4.94. The average Bonchev–Trinajstić information content (AvgIpc) is 3.67. The highest BCUT2D eigenvalue weighted by atomic mass is 16.2. The molecule has 0 aliphatic carbocycles. The Kier molecular flexibility index (Phi) is 6.23. The van der Waals surface area contributed by atoms with Crippen molar-refractivity contribution < 1.29 is 9.59 Å².